The van der Waals surface area contributed by atoms with E-state index in [1.165, 1.54) is 0 Å². The lowest BCUT2D eigenvalue weighted by molar-refractivity contribution is -0.129. The molecule has 1 saturated heterocycles. The molecule has 0 aliphatic carbocycles. The summed E-state index contributed by atoms with van der Waals surface area (Å²) in [4.78, 5) is 12.5. The van der Waals surface area contributed by atoms with E-state index >= 15 is 0 Å². The maximum atomic E-state index is 12.5. The predicted octanol–water partition coefficient (Wildman–Crippen LogP) is 2.85. The van der Waals surface area contributed by atoms with Gasteiger partial charge in [0.15, 0.2) is 0 Å². The monoisotopic (exact) mass is 254 g/mol. The fourth-order valence-corrected chi connectivity index (χ4v) is 3.01. The highest BCUT2D eigenvalue weighted by atomic mass is 16.2. The van der Waals surface area contributed by atoms with E-state index in [0.717, 1.165) is 38.6 Å². The number of hydrogen-bond acceptors (Lipinski definition) is 2. The Morgan fingerprint density at radius 3 is 2.28 bits per heavy atom. The van der Waals surface area contributed by atoms with Crippen molar-refractivity contribution in [3.05, 3.63) is 0 Å². The van der Waals surface area contributed by atoms with Gasteiger partial charge in [-0.1, -0.05) is 34.6 Å². The molecule has 1 atom stereocenters. The summed E-state index contributed by atoms with van der Waals surface area (Å²) in [6.07, 6.45) is 5.28. The Morgan fingerprint density at radius 2 is 1.83 bits per heavy atom. The summed E-state index contributed by atoms with van der Waals surface area (Å²) in [7, 11) is 0. The highest BCUT2D eigenvalue weighted by Gasteiger charge is 2.39. The second-order valence-corrected chi connectivity index (χ2v) is 6.31. The molecule has 0 radical (unpaired) electrons. The molecule has 18 heavy (non-hydrogen) atoms. The third-order valence-corrected chi connectivity index (χ3v) is 4.81. The third kappa shape index (κ3) is 3.25. The van der Waals surface area contributed by atoms with Crippen LogP contribution in [0.1, 0.15) is 66.7 Å². The van der Waals surface area contributed by atoms with Crippen LogP contribution in [0.15, 0.2) is 0 Å². The van der Waals surface area contributed by atoms with E-state index < -0.39 is 0 Å². The molecule has 1 rings (SSSR count). The highest BCUT2D eigenvalue weighted by molar-refractivity contribution is 5.83. The smallest absolute Gasteiger partial charge is 0.238 e. The van der Waals surface area contributed by atoms with Gasteiger partial charge in [0.25, 0.3) is 0 Å². The summed E-state index contributed by atoms with van der Waals surface area (Å²) in [5, 5.41) is 6.70. The van der Waals surface area contributed by atoms with E-state index in [2.05, 4.69) is 45.3 Å². The minimum atomic E-state index is -0.0460. The van der Waals surface area contributed by atoms with E-state index in [0.29, 0.717) is 0 Å². The fourth-order valence-electron chi connectivity index (χ4n) is 3.01. The largest absolute Gasteiger partial charge is 0.349 e. The number of amides is 1. The average molecular weight is 254 g/mol. The van der Waals surface area contributed by atoms with Gasteiger partial charge in [0.1, 0.15) is 0 Å². The molecule has 0 spiro atoms. The van der Waals surface area contributed by atoms with E-state index in [4.69, 9.17) is 0 Å². The van der Waals surface area contributed by atoms with E-state index in [1.807, 2.05) is 0 Å². The van der Waals surface area contributed by atoms with Gasteiger partial charge in [0, 0.05) is 5.54 Å². The molecule has 106 valence electrons. The molecule has 1 unspecified atom stereocenters. The van der Waals surface area contributed by atoms with Crippen LogP contribution >= 0.6 is 0 Å². The second kappa shape index (κ2) is 6.05. The van der Waals surface area contributed by atoms with Gasteiger partial charge in [-0.3, -0.25) is 4.79 Å². The molecule has 3 nitrogen and oxygen atoms in total. The Bertz CT molecular complexity index is 274. The summed E-state index contributed by atoms with van der Waals surface area (Å²) in [6.45, 7) is 11.8. The van der Waals surface area contributed by atoms with Crippen LogP contribution in [0.5, 0.6) is 0 Å². The van der Waals surface area contributed by atoms with Crippen molar-refractivity contribution in [2.24, 2.45) is 5.41 Å². The predicted molar refractivity (Wildman–Crippen MR) is 76.6 cm³/mol. The minimum absolute atomic E-state index is 0.0215. The summed E-state index contributed by atoms with van der Waals surface area (Å²) in [5.41, 5.74) is 0.0373. The van der Waals surface area contributed by atoms with Crippen LogP contribution in [0.25, 0.3) is 0 Å². The Morgan fingerprint density at radius 1 is 1.28 bits per heavy atom. The zero-order valence-electron chi connectivity index (χ0n) is 12.7. The molecule has 2 N–H and O–H groups in total. The van der Waals surface area contributed by atoms with Gasteiger partial charge < -0.3 is 10.6 Å². The number of hydrogen-bond donors (Lipinski definition) is 2. The molecular formula is C15H30N2O. The first-order chi connectivity index (χ1) is 8.40. The van der Waals surface area contributed by atoms with Crippen molar-refractivity contribution >= 4 is 5.91 Å². The first-order valence-corrected chi connectivity index (χ1v) is 7.46. The highest BCUT2D eigenvalue weighted by Crippen LogP contribution is 2.31. The quantitative estimate of drug-likeness (QED) is 0.792. The van der Waals surface area contributed by atoms with Gasteiger partial charge in [0.2, 0.25) is 5.91 Å². The van der Waals surface area contributed by atoms with Crippen molar-refractivity contribution in [1.29, 1.82) is 0 Å². The Hall–Kier alpha value is -0.570. The van der Waals surface area contributed by atoms with Crippen molar-refractivity contribution in [3.63, 3.8) is 0 Å². The summed E-state index contributed by atoms with van der Waals surface area (Å²) < 4.78 is 0. The Kier molecular flexibility index (Phi) is 5.20. The molecule has 1 aliphatic heterocycles. The zero-order chi connectivity index (χ0) is 13.8. The number of nitrogens with one attached hydrogen (secondary N) is 2. The van der Waals surface area contributed by atoms with Crippen molar-refractivity contribution < 1.29 is 4.79 Å². The van der Waals surface area contributed by atoms with E-state index in [-0.39, 0.29) is 22.9 Å². The molecule has 0 aromatic heterocycles. The number of carbonyl (C=O) groups is 1. The van der Waals surface area contributed by atoms with Crippen LogP contribution in [0.3, 0.4) is 0 Å². The molecule has 0 aromatic carbocycles. The van der Waals surface area contributed by atoms with Gasteiger partial charge in [0.05, 0.1) is 6.04 Å². The van der Waals surface area contributed by atoms with Gasteiger partial charge in [-0.15, -0.1) is 0 Å². The first kappa shape index (κ1) is 15.5. The average Bonchev–Trinajstić information content (AvgIpc) is 2.35. The normalized spacial score (nSPS) is 23.7. The summed E-state index contributed by atoms with van der Waals surface area (Å²) >= 11 is 0. The molecule has 3 heteroatoms. The zero-order valence-corrected chi connectivity index (χ0v) is 12.7. The van der Waals surface area contributed by atoms with Crippen LogP contribution < -0.4 is 10.6 Å². The standard InChI is InChI=1S/C15H30N2O/c1-6-15(7-2,8-3)17-13(18)12-14(4,5)10-9-11-16-12/h12,16H,6-11H2,1-5H3,(H,17,18). The van der Waals surface area contributed by atoms with E-state index in [1.54, 1.807) is 0 Å². The van der Waals surface area contributed by atoms with Gasteiger partial charge in [-0.05, 0) is 44.1 Å². The van der Waals surface area contributed by atoms with Crippen LogP contribution in [0.2, 0.25) is 0 Å². The van der Waals surface area contributed by atoms with Crippen molar-refractivity contribution in [2.75, 3.05) is 6.54 Å². The molecule has 1 fully saturated rings. The molecule has 0 bridgehead atoms. The lowest BCUT2D eigenvalue weighted by Gasteiger charge is -2.41. The summed E-state index contributed by atoms with van der Waals surface area (Å²) in [5.74, 6) is 0.185. The van der Waals surface area contributed by atoms with Crippen molar-refractivity contribution in [2.45, 2.75) is 78.3 Å². The topological polar surface area (TPSA) is 41.1 Å². The fraction of sp³-hybridized carbons (Fsp3) is 0.933. The molecule has 1 aliphatic rings. The van der Waals surface area contributed by atoms with Crippen LogP contribution in [-0.4, -0.2) is 24.0 Å². The van der Waals surface area contributed by atoms with Gasteiger partial charge >= 0.3 is 0 Å². The number of carbonyl (C=O) groups excluding carboxylic acids is 1. The number of rotatable bonds is 5. The van der Waals surface area contributed by atoms with Gasteiger partial charge in [-0.25, -0.2) is 0 Å². The van der Waals surface area contributed by atoms with Crippen molar-refractivity contribution in [1.82, 2.24) is 10.6 Å². The Balaban J connectivity index is 2.74. The SMILES string of the molecule is CCC(CC)(CC)NC(=O)C1NCCCC1(C)C. The van der Waals surface area contributed by atoms with Crippen molar-refractivity contribution in [3.8, 4) is 0 Å². The summed E-state index contributed by atoms with van der Waals surface area (Å²) in [6, 6.07) is -0.0460. The maximum absolute atomic E-state index is 12.5. The molecular weight excluding hydrogens is 224 g/mol. The second-order valence-electron chi connectivity index (χ2n) is 6.31. The van der Waals surface area contributed by atoms with Gasteiger partial charge in [-0.2, -0.15) is 0 Å². The van der Waals surface area contributed by atoms with Crippen LogP contribution in [-0.2, 0) is 4.79 Å². The lowest BCUT2D eigenvalue weighted by Crippen LogP contribution is -2.60. The molecule has 1 amide bonds. The molecule has 0 saturated carbocycles. The molecule has 0 aromatic rings. The lowest BCUT2D eigenvalue weighted by atomic mass is 9.76. The first-order valence-electron chi connectivity index (χ1n) is 7.46. The van der Waals surface area contributed by atoms with Crippen LogP contribution in [0.4, 0.5) is 0 Å². The Labute approximate surface area is 112 Å². The maximum Gasteiger partial charge on any atom is 0.238 e. The van der Waals surface area contributed by atoms with Crippen LogP contribution in [0, 0.1) is 5.41 Å². The van der Waals surface area contributed by atoms with E-state index in [9.17, 15) is 4.79 Å². The third-order valence-electron chi connectivity index (χ3n) is 4.81. The minimum Gasteiger partial charge on any atom is -0.349 e. The number of piperidine rings is 1. The molecule has 1 heterocycles.